The largest absolute Gasteiger partial charge is 0.480 e. The van der Waals surface area contributed by atoms with Gasteiger partial charge in [-0.2, -0.15) is 0 Å². The molecule has 116 valence electrons. The predicted octanol–water partition coefficient (Wildman–Crippen LogP) is 2.26. The van der Waals surface area contributed by atoms with Gasteiger partial charge in [0.25, 0.3) is 0 Å². The highest BCUT2D eigenvalue weighted by molar-refractivity contribution is 5.80. The number of hydrogen-bond donors (Lipinski definition) is 2. The van der Waals surface area contributed by atoms with Crippen LogP contribution in [0.4, 0.5) is 9.18 Å². The van der Waals surface area contributed by atoms with Gasteiger partial charge in [0.05, 0.1) is 0 Å². The van der Waals surface area contributed by atoms with Crippen LogP contribution in [0.1, 0.15) is 26.3 Å². The molecule has 1 aromatic rings. The summed E-state index contributed by atoms with van der Waals surface area (Å²) in [7, 11) is 0. The molecule has 0 spiro atoms. The van der Waals surface area contributed by atoms with Gasteiger partial charge in [0.2, 0.25) is 0 Å². The molecule has 0 fully saturated rings. The Morgan fingerprint density at radius 1 is 1.24 bits per heavy atom. The number of nitrogens with one attached hydrogen (secondary N) is 1. The zero-order valence-corrected chi connectivity index (χ0v) is 12.5. The van der Waals surface area contributed by atoms with Crippen LogP contribution in [-0.4, -0.2) is 40.6 Å². The van der Waals surface area contributed by atoms with Crippen molar-refractivity contribution in [2.75, 3.05) is 6.54 Å². The van der Waals surface area contributed by atoms with E-state index in [0.717, 1.165) is 5.56 Å². The Bertz CT molecular complexity index is 488. The molecule has 1 aromatic carbocycles. The summed E-state index contributed by atoms with van der Waals surface area (Å²) in [5.41, 5.74) is 0.901. The van der Waals surface area contributed by atoms with Crippen molar-refractivity contribution in [1.29, 1.82) is 0 Å². The zero-order valence-electron chi connectivity index (χ0n) is 12.5. The maximum Gasteiger partial charge on any atom is 0.323 e. The Kier molecular flexibility index (Phi) is 6.14. The molecule has 0 aliphatic rings. The second kappa shape index (κ2) is 7.61. The minimum Gasteiger partial charge on any atom is -0.480 e. The normalized spacial score (nSPS) is 12.0. The average Bonchev–Trinajstić information content (AvgIpc) is 2.38. The first-order valence-electron chi connectivity index (χ1n) is 6.83. The smallest absolute Gasteiger partial charge is 0.323 e. The van der Waals surface area contributed by atoms with Crippen LogP contribution in [0.25, 0.3) is 0 Å². The van der Waals surface area contributed by atoms with Gasteiger partial charge >= 0.3 is 12.0 Å². The Hall–Kier alpha value is -2.11. The van der Waals surface area contributed by atoms with Gasteiger partial charge in [-0.05, 0) is 44.9 Å². The number of hydrogen-bond acceptors (Lipinski definition) is 2. The molecular weight excluding hydrogens is 275 g/mol. The molecule has 0 saturated heterocycles. The van der Waals surface area contributed by atoms with Crippen molar-refractivity contribution in [3.05, 3.63) is 35.6 Å². The summed E-state index contributed by atoms with van der Waals surface area (Å²) in [6.45, 7) is 4.99. The van der Waals surface area contributed by atoms with E-state index in [4.69, 9.17) is 5.11 Å². The minimum atomic E-state index is -1.05. The van der Waals surface area contributed by atoms with Crippen LogP contribution < -0.4 is 5.32 Å². The predicted molar refractivity (Wildman–Crippen MR) is 77.6 cm³/mol. The van der Waals surface area contributed by atoms with Crippen LogP contribution in [-0.2, 0) is 11.2 Å². The van der Waals surface area contributed by atoms with Crippen LogP contribution in [0.3, 0.4) is 0 Å². The molecule has 0 saturated carbocycles. The second-order valence-electron chi connectivity index (χ2n) is 5.30. The van der Waals surface area contributed by atoms with E-state index < -0.39 is 12.0 Å². The van der Waals surface area contributed by atoms with Gasteiger partial charge in [-0.3, -0.25) is 4.79 Å². The lowest BCUT2D eigenvalue weighted by Gasteiger charge is -2.27. The van der Waals surface area contributed by atoms with E-state index in [0.29, 0.717) is 6.42 Å². The standard InChI is InChI=1S/C15H21FN2O3/c1-10(2)18(9-14(19)20)15(21)17-11(3)8-12-4-6-13(16)7-5-12/h4-7,10-11H,8-9H2,1-3H3,(H,17,21)(H,19,20). The van der Waals surface area contributed by atoms with Crippen molar-refractivity contribution in [2.45, 2.75) is 39.3 Å². The van der Waals surface area contributed by atoms with E-state index in [1.54, 1.807) is 26.0 Å². The Labute approximate surface area is 123 Å². The molecule has 1 atom stereocenters. The van der Waals surface area contributed by atoms with Crippen LogP contribution in [0.5, 0.6) is 0 Å². The lowest BCUT2D eigenvalue weighted by molar-refractivity contribution is -0.138. The molecule has 1 unspecified atom stereocenters. The monoisotopic (exact) mass is 296 g/mol. The summed E-state index contributed by atoms with van der Waals surface area (Å²) in [6, 6.07) is 5.26. The Morgan fingerprint density at radius 2 is 1.81 bits per heavy atom. The molecule has 0 bridgehead atoms. The van der Waals surface area contributed by atoms with Crippen molar-refractivity contribution in [3.63, 3.8) is 0 Å². The SMILES string of the molecule is CC(Cc1ccc(F)cc1)NC(=O)N(CC(=O)O)C(C)C. The van der Waals surface area contributed by atoms with Crippen LogP contribution >= 0.6 is 0 Å². The number of halogens is 1. The molecule has 0 aliphatic heterocycles. The fourth-order valence-corrected chi connectivity index (χ4v) is 1.95. The van der Waals surface area contributed by atoms with Crippen LogP contribution in [0, 0.1) is 5.82 Å². The Balaban J connectivity index is 2.59. The minimum absolute atomic E-state index is 0.182. The molecule has 0 aromatic heterocycles. The number of amides is 2. The van der Waals surface area contributed by atoms with Crippen molar-refractivity contribution in [3.8, 4) is 0 Å². The van der Waals surface area contributed by atoms with Crippen molar-refractivity contribution in [1.82, 2.24) is 10.2 Å². The van der Waals surface area contributed by atoms with E-state index in [-0.39, 0.29) is 24.4 Å². The van der Waals surface area contributed by atoms with Crippen LogP contribution in [0.2, 0.25) is 0 Å². The number of carboxylic acid groups (broad SMARTS) is 1. The van der Waals surface area contributed by atoms with Gasteiger partial charge in [-0.15, -0.1) is 0 Å². The van der Waals surface area contributed by atoms with Crippen LogP contribution in [0.15, 0.2) is 24.3 Å². The Morgan fingerprint density at radius 3 is 2.29 bits per heavy atom. The van der Waals surface area contributed by atoms with Crippen molar-refractivity contribution < 1.29 is 19.1 Å². The highest BCUT2D eigenvalue weighted by Gasteiger charge is 2.21. The van der Waals surface area contributed by atoms with Gasteiger partial charge in [-0.1, -0.05) is 12.1 Å². The molecule has 1 rings (SSSR count). The number of aliphatic carboxylic acids is 1. The van der Waals surface area contributed by atoms with Gasteiger partial charge in [0.1, 0.15) is 12.4 Å². The first-order valence-corrected chi connectivity index (χ1v) is 6.83. The number of carbonyl (C=O) groups excluding carboxylic acids is 1. The van der Waals surface area contributed by atoms with Gasteiger partial charge < -0.3 is 15.3 Å². The topological polar surface area (TPSA) is 69.6 Å². The van der Waals surface area contributed by atoms with E-state index >= 15 is 0 Å². The number of carbonyl (C=O) groups is 2. The molecule has 5 nitrogen and oxygen atoms in total. The molecule has 2 N–H and O–H groups in total. The fraction of sp³-hybridized carbons (Fsp3) is 0.467. The summed E-state index contributed by atoms with van der Waals surface area (Å²) >= 11 is 0. The number of rotatable bonds is 6. The average molecular weight is 296 g/mol. The third-order valence-electron chi connectivity index (χ3n) is 3.01. The molecule has 21 heavy (non-hydrogen) atoms. The number of benzene rings is 1. The van der Waals surface area contributed by atoms with Gasteiger partial charge in [-0.25, -0.2) is 9.18 Å². The summed E-state index contributed by atoms with van der Waals surface area (Å²) in [6.07, 6.45) is 0.547. The summed E-state index contributed by atoms with van der Waals surface area (Å²) in [4.78, 5) is 24.1. The quantitative estimate of drug-likeness (QED) is 0.846. The first-order chi connectivity index (χ1) is 9.79. The highest BCUT2D eigenvalue weighted by Crippen LogP contribution is 2.07. The van der Waals surface area contributed by atoms with Crippen molar-refractivity contribution >= 4 is 12.0 Å². The molecular formula is C15H21FN2O3. The lowest BCUT2D eigenvalue weighted by Crippen LogP contribution is -2.49. The van der Waals surface area contributed by atoms with E-state index in [2.05, 4.69) is 5.32 Å². The zero-order chi connectivity index (χ0) is 16.0. The summed E-state index contributed by atoms with van der Waals surface area (Å²) in [5.74, 6) is -1.35. The molecule has 0 radical (unpaired) electrons. The van der Waals surface area contributed by atoms with E-state index in [1.807, 2.05) is 6.92 Å². The second-order valence-corrected chi connectivity index (χ2v) is 5.30. The molecule has 2 amide bonds. The van der Waals surface area contributed by atoms with Gasteiger partial charge in [0, 0.05) is 12.1 Å². The fourth-order valence-electron chi connectivity index (χ4n) is 1.95. The molecule has 0 aliphatic carbocycles. The maximum atomic E-state index is 12.8. The third-order valence-corrected chi connectivity index (χ3v) is 3.01. The van der Waals surface area contributed by atoms with E-state index in [1.165, 1.54) is 17.0 Å². The summed E-state index contributed by atoms with van der Waals surface area (Å²) in [5, 5.41) is 11.6. The molecule has 0 heterocycles. The number of carboxylic acids is 1. The molecule has 6 heteroatoms. The third kappa shape index (κ3) is 5.81. The number of urea groups is 1. The van der Waals surface area contributed by atoms with Crippen molar-refractivity contribution in [2.24, 2.45) is 0 Å². The maximum absolute atomic E-state index is 12.8. The first kappa shape index (κ1) is 16.9. The van der Waals surface area contributed by atoms with Gasteiger partial charge in [0.15, 0.2) is 0 Å². The summed E-state index contributed by atoms with van der Waals surface area (Å²) < 4.78 is 12.8. The highest BCUT2D eigenvalue weighted by atomic mass is 19.1. The van der Waals surface area contributed by atoms with E-state index in [9.17, 15) is 14.0 Å². The lowest BCUT2D eigenvalue weighted by atomic mass is 10.1. The number of nitrogens with zero attached hydrogens (tertiary/aromatic N) is 1.